The summed E-state index contributed by atoms with van der Waals surface area (Å²) in [5.74, 6) is -0.697. The first-order valence-corrected chi connectivity index (χ1v) is 9.60. The van der Waals surface area contributed by atoms with Crippen LogP contribution in [-0.4, -0.2) is 20.7 Å². The molecule has 5 nitrogen and oxygen atoms in total. The van der Waals surface area contributed by atoms with Crippen molar-refractivity contribution in [2.75, 3.05) is 5.32 Å². The lowest BCUT2D eigenvalue weighted by atomic mass is 10.2. The summed E-state index contributed by atoms with van der Waals surface area (Å²) in [6.07, 6.45) is 0.775. The van der Waals surface area contributed by atoms with Crippen LogP contribution in [0.5, 0.6) is 0 Å². The van der Waals surface area contributed by atoms with E-state index in [0.717, 1.165) is 6.42 Å². The Morgan fingerprint density at radius 2 is 2.04 bits per heavy atom. The van der Waals surface area contributed by atoms with Crippen molar-refractivity contribution in [3.8, 4) is 0 Å². The normalized spacial score (nSPS) is 12.1. The maximum absolute atomic E-state index is 13.3. The molecule has 0 saturated carbocycles. The predicted octanol–water partition coefficient (Wildman–Crippen LogP) is 4.06. The van der Waals surface area contributed by atoms with Crippen molar-refractivity contribution in [2.45, 2.75) is 37.2 Å². The molecule has 0 aliphatic heterocycles. The molecule has 3 aromatic rings. The van der Waals surface area contributed by atoms with E-state index in [2.05, 4.69) is 10.3 Å². The molecule has 1 amide bonds. The second kappa shape index (κ2) is 8.35. The second-order valence-electron chi connectivity index (χ2n) is 6.13. The van der Waals surface area contributed by atoms with Gasteiger partial charge in [-0.2, -0.15) is 0 Å². The van der Waals surface area contributed by atoms with Crippen LogP contribution in [0.25, 0.3) is 10.9 Å². The molecule has 140 valence electrons. The zero-order valence-electron chi connectivity index (χ0n) is 15.1. The summed E-state index contributed by atoms with van der Waals surface area (Å²) in [5.41, 5.74) is 0.891. The molecule has 7 heteroatoms. The first-order chi connectivity index (χ1) is 13.0. The number of nitrogens with one attached hydrogen (secondary N) is 1. The summed E-state index contributed by atoms with van der Waals surface area (Å²) in [6.45, 7) is 4.24. The number of thioether (sulfide) groups is 1. The highest BCUT2D eigenvalue weighted by Crippen LogP contribution is 2.24. The molecule has 3 rings (SSSR count). The van der Waals surface area contributed by atoms with E-state index in [1.165, 1.54) is 30.0 Å². The van der Waals surface area contributed by atoms with Crippen LogP contribution in [-0.2, 0) is 11.3 Å². The molecule has 0 radical (unpaired) electrons. The number of hydrogen-bond acceptors (Lipinski definition) is 4. The number of aromatic nitrogens is 2. The highest BCUT2D eigenvalue weighted by atomic mass is 32.2. The van der Waals surface area contributed by atoms with E-state index < -0.39 is 11.1 Å². The van der Waals surface area contributed by atoms with Gasteiger partial charge in [0.15, 0.2) is 5.16 Å². The predicted molar refractivity (Wildman–Crippen MR) is 107 cm³/mol. The monoisotopic (exact) mass is 385 g/mol. The smallest absolute Gasteiger partial charge is 0.262 e. The number of amides is 1. The van der Waals surface area contributed by atoms with Gasteiger partial charge >= 0.3 is 0 Å². The van der Waals surface area contributed by atoms with Crippen LogP contribution in [0.2, 0.25) is 0 Å². The number of benzene rings is 2. The number of anilines is 1. The lowest BCUT2D eigenvalue weighted by Gasteiger charge is -2.16. The molecule has 0 saturated heterocycles. The minimum absolute atomic E-state index is 0.109. The minimum atomic E-state index is -0.510. The summed E-state index contributed by atoms with van der Waals surface area (Å²) >= 11 is 1.22. The molecule has 0 spiro atoms. The number of carbonyl (C=O) groups excluding carboxylic acids is 1. The van der Waals surface area contributed by atoms with Gasteiger partial charge in [-0.3, -0.25) is 14.2 Å². The lowest BCUT2D eigenvalue weighted by molar-refractivity contribution is -0.115. The fourth-order valence-corrected chi connectivity index (χ4v) is 3.61. The largest absolute Gasteiger partial charge is 0.325 e. The first kappa shape index (κ1) is 19.1. The summed E-state index contributed by atoms with van der Waals surface area (Å²) < 4.78 is 14.9. The van der Waals surface area contributed by atoms with E-state index in [1.807, 2.05) is 19.1 Å². The van der Waals surface area contributed by atoms with E-state index in [1.54, 1.807) is 29.7 Å². The van der Waals surface area contributed by atoms with Crippen LogP contribution in [0.1, 0.15) is 20.3 Å². The Kier molecular flexibility index (Phi) is 5.91. The highest BCUT2D eigenvalue weighted by molar-refractivity contribution is 8.00. The van der Waals surface area contributed by atoms with E-state index in [-0.39, 0.29) is 11.5 Å². The Balaban J connectivity index is 1.87. The quantitative estimate of drug-likeness (QED) is 0.513. The number of fused-ring (bicyclic) bond motifs is 1. The van der Waals surface area contributed by atoms with Gasteiger partial charge in [0.25, 0.3) is 5.56 Å². The SMILES string of the molecule is CCCn1c(SC(C)C(=O)Nc2cccc(F)c2)nc2ccccc2c1=O. The third kappa shape index (κ3) is 4.36. The third-order valence-corrected chi connectivity index (χ3v) is 5.11. The van der Waals surface area contributed by atoms with Crippen molar-refractivity contribution >= 4 is 34.3 Å². The van der Waals surface area contributed by atoms with Crippen molar-refractivity contribution in [1.29, 1.82) is 0 Å². The Morgan fingerprint density at radius 1 is 1.26 bits per heavy atom. The number of nitrogens with zero attached hydrogens (tertiary/aromatic N) is 2. The molecule has 0 aliphatic rings. The van der Waals surface area contributed by atoms with Gasteiger partial charge in [0.2, 0.25) is 5.91 Å². The standard InChI is InChI=1S/C20H20FN3O2S/c1-3-11-24-19(26)16-9-4-5-10-17(16)23-20(24)27-13(2)18(25)22-15-8-6-7-14(21)12-15/h4-10,12-13H,3,11H2,1-2H3,(H,22,25). The fourth-order valence-electron chi connectivity index (χ4n) is 2.68. The van der Waals surface area contributed by atoms with E-state index in [9.17, 15) is 14.0 Å². The van der Waals surface area contributed by atoms with E-state index in [4.69, 9.17) is 0 Å². The third-order valence-electron chi connectivity index (χ3n) is 4.02. The summed E-state index contributed by atoms with van der Waals surface area (Å²) in [4.78, 5) is 29.8. The Labute approximate surface area is 160 Å². The molecule has 2 aromatic carbocycles. The van der Waals surface area contributed by atoms with Crippen LogP contribution < -0.4 is 10.9 Å². The molecule has 0 bridgehead atoms. The molecule has 27 heavy (non-hydrogen) atoms. The van der Waals surface area contributed by atoms with Crippen LogP contribution in [0, 0.1) is 5.82 Å². The van der Waals surface area contributed by atoms with Gasteiger partial charge in [-0.05, 0) is 43.7 Å². The Hall–Kier alpha value is -2.67. The average Bonchev–Trinajstić information content (AvgIpc) is 2.65. The van der Waals surface area contributed by atoms with Gasteiger partial charge in [-0.25, -0.2) is 9.37 Å². The minimum Gasteiger partial charge on any atom is -0.325 e. The van der Waals surface area contributed by atoms with Crippen molar-refractivity contribution < 1.29 is 9.18 Å². The van der Waals surface area contributed by atoms with Crippen molar-refractivity contribution in [3.05, 3.63) is 64.7 Å². The van der Waals surface area contributed by atoms with Crippen LogP contribution in [0.4, 0.5) is 10.1 Å². The first-order valence-electron chi connectivity index (χ1n) is 8.72. The topological polar surface area (TPSA) is 64.0 Å². The molecular weight excluding hydrogens is 365 g/mol. The molecule has 0 aliphatic carbocycles. The number of hydrogen-bond donors (Lipinski definition) is 1. The number of halogens is 1. The molecule has 1 aromatic heterocycles. The maximum atomic E-state index is 13.3. The van der Waals surface area contributed by atoms with Crippen molar-refractivity contribution in [3.63, 3.8) is 0 Å². The number of carbonyl (C=O) groups is 1. The lowest BCUT2D eigenvalue weighted by Crippen LogP contribution is -2.27. The van der Waals surface area contributed by atoms with Crippen molar-refractivity contribution in [1.82, 2.24) is 9.55 Å². The van der Waals surface area contributed by atoms with Gasteiger partial charge < -0.3 is 5.32 Å². The number of para-hydroxylation sites is 1. The second-order valence-corrected chi connectivity index (χ2v) is 7.44. The van der Waals surface area contributed by atoms with Crippen molar-refractivity contribution in [2.24, 2.45) is 0 Å². The molecule has 1 atom stereocenters. The zero-order valence-corrected chi connectivity index (χ0v) is 15.9. The highest BCUT2D eigenvalue weighted by Gasteiger charge is 2.19. The molecule has 1 N–H and O–H groups in total. The molecule has 1 heterocycles. The molecule has 0 fully saturated rings. The van der Waals surface area contributed by atoms with Gasteiger partial charge in [0.05, 0.1) is 16.2 Å². The summed E-state index contributed by atoms with van der Waals surface area (Å²) in [7, 11) is 0. The zero-order chi connectivity index (χ0) is 19.4. The summed E-state index contributed by atoms with van der Waals surface area (Å²) in [6, 6.07) is 12.9. The average molecular weight is 385 g/mol. The van der Waals surface area contributed by atoms with E-state index in [0.29, 0.717) is 28.3 Å². The van der Waals surface area contributed by atoms with Gasteiger partial charge in [-0.1, -0.05) is 36.9 Å². The Bertz CT molecular complexity index is 1040. The van der Waals surface area contributed by atoms with E-state index >= 15 is 0 Å². The van der Waals surface area contributed by atoms with Gasteiger partial charge in [-0.15, -0.1) is 0 Å². The van der Waals surface area contributed by atoms with Gasteiger partial charge in [0.1, 0.15) is 5.82 Å². The fraction of sp³-hybridized carbons (Fsp3) is 0.250. The van der Waals surface area contributed by atoms with Gasteiger partial charge in [0, 0.05) is 12.2 Å². The number of rotatable bonds is 6. The maximum Gasteiger partial charge on any atom is 0.262 e. The Morgan fingerprint density at radius 3 is 2.78 bits per heavy atom. The van der Waals surface area contributed by atoms with Crippen LogP contribution in [0.15, 0.2) is 58.5 Å². The summed E-state index contributed by atoms with van der Waals surface area (Å²) in [5, 5.41) is 3.25. The molecular formula is C20H20FN3O2S. The van der Waals surface area contributed by atoms with Crippen LogP contribution >= 0.6 is 11.8 Å². The molecule has 1 unspecified atom stereocenters. The van der Waals surface area contributed by atoms with Crippen LogP contribution in [0.3, 0.4) is 0 Å².